The van der Waals surface area contributed by atoms with Crippen molar-refractivity contribution in [3.63, 3.8) is 0 Å². The summed E-state index contributed by atoms with van der Waals surface area (Å²) in [6.07, 6.45) is -1.32. The highest BCUT2D eigenvalue weighted by Gasteiger charge is 2.63. The third kappa shape index (κ3) is 2.50. The molecule has 26 heavy (non-hydrogen) atoms. The maximum Gasteiger partial charge on any atom is 0.343 e. The number of hydrogen-bond donors (Lipinski definition) is 2. The molecule has 0 saturated carbocycles. The first kappa shape index (κ1) is 18.4. The quantitative estimate of drug-likeness (QED) is 0.679. The molecule has 0 amide bonds. The van der Waals surface area contributed by atoms with E-state index >= 15 is 0 Å². The van der Waals surface area contributed by atoms with Crippen molar-refractivity contribution >= 4 is 33.7 Å². The van der Waals surface area contributed by atoms with Gasteiger partial charge in [-0.1, -0.05) is 15.9 Å². The number of halogens is 1. The van der Waals surface area contributed by atoms with Crippen molar-refractivity contribution in [1.82, 2.24) is 0 Å². The molecule has 2 aliphatic rings. The third-order valence-electron chi connectivity index (χ3n) is 4.54. The molecular weight excluding hydrogens is 412 g/mol. The highest BCUT2D eigenvalue weighted by molar-refractivity contribution is 9.10. The Bertz CT molecular complexity index is 845. The van der Waals surface area contributed by atoms with E-state index in [0.29, 0.717) is 4.47 Å². The van der Waals surface area contributed by atoms with Gasteiger partial charge in [0.05, 0.1) is 19.8 Å². The molecule has 1 aliphatic carbocycles. The zero-order chi connectivity index (χ0) is 19.2. The Morgan fingerprint density at radius 1 is 1.31 bits per heavy atom. The lowest BCUT2D eigenvalue weighted by atomic mass is 9.67. The van der Waals surface area contributed by atoms with Crippen LogP contribution in [0.3, 0.4) is 0 Å². The highest BCUT2D eigenvalue weighted by Crippen LogP contribution is 2.46. The van der Waals surface area contributed by atoms with Gasteiger partial charge in [-0.05, 0) is 18.2 Å². The van der Waals surface area contributed by atoms with Gasteiger partial charge in [0.15, 0.2) is 5.78 Å². The summed E-state index contributed by atoms with van der Waals surface area (Å²) in [6, 6.07) is 4.71. The largest absolute Gasteiger partial charge is 0.511 e. The van der Waals surface area contributed by atoms with Gasteiger partial charge in [-0.2, -0.15) is 0 Å². The first-order valence-corrected chi connectivity index (χ1v) is 8.37. The van der Waals surface area contributed by atoms with Crippen molar-refractivity contribution in [2.45, 2.75) is 18.1 Å². The molecule has 1 heterocycles. The van der Waals surface area contributed by atoms with E-state index in [4.69, 9.17) is 4.74 Å². The molecule has 138 valence electrons. The van der Waals surface area contributed by atoms with E-state index in [1.165, 1.54) is 6.07 Å². The summed E-state index contributed by atoms with van der Waals surface area (Å²) in [5.41, 5.74) is -3.33. The van der Waals surface area contributed by atoms with Gasteiger partial charge in [-0.15, -0.1) is 0 Å². The fourth-order valence-corrected chi connectivity index (χ4v) is 3.77. The van der Waals surface area contributed by atoms with E-state index in [1.807, 2.05) is 0 Å². The summed E-state index contributed by atoms with van der Waals surface area (Å²) in [5, 5.41) is 21.4. The van der Waals surface area contributed by atoms with Gasteiger partial charge in [0, 0.05) is 10.9 Å². The molecule has 3 rings (SSSR count). The first-order valence-electron chi connectivity index (χ1n) is 7.57. The predicted molar refractivity (Wildman–Crippen MR) is 89.6 cm³/mol. The van der Waals surface area contributed by atoms with E-state index in [9.17, 15) is 24.6 Å². The molecular formula is C17H15BrO8. The smallest absolute Gasteiger partial charge is 0.343 e. The van der Waals surface area contributed by atoms with Crippen LogP contribution in [0.5, 0.6) is 5.75 Å². The summed E-state index contributed by atoms with van der Waals surface area (Å²) in [7, 11) is 2.02. The Balaban J connectivity index is 2.22. The molecule has 1 aromatic carbocycles. The van der Waals surface area contributed by atoms with Crippen molar-refractivity contribution in [2.75, 3.05) is 14.2 Å². The maximum atomic E-state index is 13.1. The summed E-state index contributed by atoms with van der Waals surface area (Å²) >= 11 is 3.25. The Kier molecular flexibility index (Phi) is 4.53. The lowest BCUT2D eigenvalue weighted by Gasteiger charge is -2.44. The molecule has 8 nitrogen and oxygen atoms in total. The van der Waals surface area contributed by atoms with Gasteiger partial charge in [-0.25, -0.2) is 9.59 Å². The van der Waals surface area contributed by atoms with Crippen LogP contribution in [0.2, 0.25) is 0 Å². The molecule has 0 unspecified atom stereocenters. The van der Waals surface area contributed by atoms with E-state index in [1.54, 1.807) is 12.1 Å². The van der Waals surface area contributed by atoms with Crippen LogP contribution in [0, 0.1) is 5.92 Å². The van der Waals surface area contributed by atoms with Gasteiger partial charge >= 0.3 is 11.9 Å². The second-order valence-corrected chi connectivity index (χ2v) is 6.83. The van der Waals surface area contributed by atoms with Crippen LogP contribution in [0.25, 0.3) is 0 Å². The molecule has 1 aliphatic heterocycles. The van der Waals surface area contributed by atoms with Crippen molar-refractivity contribution < 1.29 is 38.8 Å². The number of esters is 2. The molecule has 3 atom stereocenters. The number of carbonyl (C=O) groups is 3. The monoisotopic (exact) mass is 426 g/mol. The average molecular weight is 427 g/mol. The minimum absolute atomic E-state index is 0.133. The molecule has 0 bridgehead atoms. The van der Waals surface area contributed by atoms with E-state index in [0.717, 1.165) is 14.2 Å². The average Bonchev–Trinajstić information content (AvgIpc) is 2.61. The van der Waals surface area contributed by atoms with Crippen LogP contribution >= 0.6 is 15.9 Å². The second-order valence-electron chi connectivity index (χ2n) is 5.91. The number of benzene rings is 1. The number of rotatable bonds is 2. The van der Waals surface area contributed by atoms with Crippen LogP contribution in [-0.2, 0) is 19.1 Å². The molecule has 1 aromatic rings. The number of aliphatic hydroxyl groups is 2. The molecule has 0 spiro atoms. The Labute approximate surface area is 156 Å². The maximum absolute atomic E-state index is 13.1. The number of ether oxygens (including phenoxy) is 3. The zero-order valence-electron chi connectivity index (χ0n) is 13.8. The number of fused-ring (bicyclic) bond motifs is 2. The lowest BCUT2D eigenvalue weighted by molar-refractivity contribution is -0.171. The number of Topliss-reactive ketones (excluding diaryl/α,β-unsaturated/α-hetero) is 1. The number of aliphatic hydroxyl groups excluding tert-OH is 1. The molecule has 0 aromatic heterocycles. The van der Waals surface area contributed by atoms with Crippen molar-refractivity contribution in [3.8, 4) is 5.75 Å². The minimum Gasteiger partial charge on any atom is -0.511 e. The number of ketones is 1. The number of hydrogen-bond acceptors (Lipinski definition) is 8. The van der Waals surface area contributed by atoms with Gasteiger partial charge in [-0.3, -0.25) is 4.79 Å². The first-order chi connectivity index (χ1) is 12.2. The predicted octanol–water partition coefficient (Wildman–Crippen LogP) is 1.30. The standard InChI is InChI=1S/C17H15BrO8/c1-24-15(21)12-9(19)6-11-13(17(12,23)16(22)25-2)14(20)8-5-7(18)3-4-10(8)26-11/h3-5,11,13,19,23H,6H2,1-2H3/t11-,13-,17-/m0/s1. The van der Waals surface area contributed by atoms with Crippen LogP contribution in [0.15, 0.2) is 34.0 Å². The Hall–Kier alpha value is -2.39. The van der Waals surface area contributed by atoms with E-state index < -0.39 is 46.7 Å². The number of carbonyl (C=O) groups excluding carboxylic acids is 3. The normalized spacial score (nSPS) is 27.2. The fraction of sp³-hybridized carbons (Fsp3) is 0.353. The molecule has 2 N–H and O–H groups in total. The number of methoxy groups -OCH3 is 2. The Morgan fingerprint density at radius 3 is 2.62 bits per heavy atom. The Morgan fingerprint density at radius 2 is 2.00 bits per heavy atom. The van der Waals surface area contributed by atoms with E-state index in [-0.39, 0.29) is 17.7 Å². The molecule has 0 saturated heterocycles. The van der Waals surface area contributed by atoms with E-state index in [2.05, 4.69) is 25.4 Å². The summed E-state index contributed by atoms with van der Waals surface area (Å²) in [5.74, 6) is -4.85. The second kappa shape index (κ2) is 6.40. The third-order valence-corrected chi connectivity index (χ3v) is 5.03. The van der Waals surface area contributed by atoms with Crippen LogP contribution < -0.4 is 4.74 Å². The molecule has 9 heteroatoms. The van der Waals surface area contributed by atoms with Gasteiger partial charge in [0.25, 0.3) is 0 Å². The minimum atomic E-state index is -2.74. The van der Waals surface area contributed by atoms with Crippen LogP contribution in [0.4, 0.5) is 0 Å². The van der Waals surface area contributed by atoms with Crippen LogP contribution in [-0.4, -0.2) is 53.9 Å². The van der Waals surface area contributed by atoms with Crippen molar-refractivity contribution in [3.05, 3.63) is 39.6 Å². The van der Waals surface area contributed by atoms with Crippen LogP contribution in [0.1, 0.15) is 16.8 Å². The van der Waals surface area contributed by atoms with Crippen molar-refractivity contribution in [2.24, 2.45) is 5.92 Å². The topological polar surface area (TPSA) is 119 Å². The van der Waals surface area contributed by atoms with Crippen molar-refractivity contribution in [1.29, 1.82) is 0 Å². The van der Waals surface area contributed by atoms with Gasteiger partial charge in [0.2, 0.25) is 5.60 Å². The summed E-state index contributed by atoms with van der Waals surface area (Å²) in [6.45, 7) is 0. The SMILES string of the molecule is COC(=O)C1=C(O)C[C@@H]2Oc3ccc(Br)cc3C(=O)[C@H]2[C@]1(O)C(=O)OC. The van der Waals surface area contributed by atoms with Gasteiger partial charge in [0.1, 0.15) is 29.1 Å². The highest BCUT2D eigenvalue weighted by atomic mass is 79.9. The zero-order valence-corrected chi connectivity index (χ0v) is 15.4. The summed E-state index contributed by atoms with van der Waals surface area (Å²) < 4.78 is 15.5. The van der Waals surface area contributed by atoms with Gasteiger partial charge < -0.3 is 24.4 Å². The lowest BCUT2D eigenvalue weighted by Crippen LogP contribution is -2.62. The molecule has 0 radical (unpaired) electrons. The molecule has 0 fully saturated rings. The summed E-state index contributed by atoms with van der Waals surface area (Å²) in [4.78, 5) is 37.6. The fourth-order valence-electron chi connectivity index (χ4n) is 3.41.